The molecule has 2 aromatic carbocycles. The molecule has 2 amide bonds. The number of carbonyl (C=O) groups is 2. The van der Waals surface area contributed by atoms with Crippen molar-refractivity contribution in [2.45, 2.75) is 27.3 Å². The summed E-state index contributed by atoms with van der Waals surface area (Å²) in [5, 5.41) is 0. The third-order valence-corrected chi connectivity index (χ3v) is 5.68. The van der Waals surface area contributed by atoms with Crippen molar-refractivity contribution in [1.29, 1.82) is 0 Å². The van der Waals surface area contributed by atoms with Crippen molar-refractivity contribution in [3.05, 3.63) is 62.5 Å². The van der Waals surface area contributed by atoms with E-state index in [4.69, 9.17) is 0 Å². The van der Waals surface area contributed by atoms with Gasteiger partial charge in [-0.05, 0) is 73.2 Å². The minimum atomic E-state index is -0.383. The van der Waals surface area contributed by atoms with Gasteiger partial charge >= 0.3 is 0 Å². The number of aromatic nitrogens is 2. The first kappa shape index (κ1) is 18.4. The van der Waals surface area contributed by atoms with Crippen molar-refractivity contribution in [3.8, 4) is 0 Å². The molecule has 26 heavy (non-hydrogen) atoms. The van der Waals surface area contributed by atoms with Gasteiger partial charge < -0.3 is 4.57 Å². The van der Waals surface area contributed by atoms with Gasteiger partial charge in [0, 0.05) is 15.7 Å². The Morgan fingerprint density at radius 1 is 1.12 bits per heavy atom. The zero-order valence-corrected chi connectivity index (χ0v) is 16.9. The standard InChI is InChI=1S/C19H19IN4O2/c1-4-24-12(3)21-15-10-13(8-9-16(15)24)18(25)22-23-19(26)14-7-5-6-11(2)17(14)20/h5-10H,4H2,1-3H3,(H,22,25)(H,23,26). The van der Waals surface area contributed by atoms with Gasteiger partial charge in [-0.25, -0.2) is 4.98 Å². The fraction of sp³-hybridized carbons (Fsp3) is 0.211. The minimum Gasteiger partial charge on any atom is -0.329 e. The molecule has 0 spiro atoms. The molecule has 0 saturated heterocycles. The van der Waals surface area contributed by atoms with E-state index in [1.807, 2.05) is 32.0 Å². The Balaban J connectivity index is 1.75. The van der Waals surface area contributed by atoms with E-state index >= 15 is 0 Å². The lowest BCUT2D eigenvalue weighted by molar-refractivity contribution is 0.0846. The van der Waals surface area contributed by atoms with E-state index in [9.17, 15) is 9.59 Å². The van der Waals surface area contributed by atoms with E-state index in [1.165, 1.54) is 0 Å². The van der Waals surface area contributed by atoms with Crippen LogP contribution in [0.25, 0.3) is 11.0 Å². The Morgan fingerprint density at radius 3 is 2.58 bits per heavy atom. The Labute approximate surface area is 165 Å². The van der Waals surface area contributed by atoms with E-state index in [2.05, 4.69) is 49.9 Å². The molecule has 0 aliphatic heterocycles. The normalized spacial score (nSPS) is 10.8. The van der Waals surface area contributed by atoms with Crippen LogP contribution in [-0.2, 0) is 6.54 Å². The van der Waals surface area contributed by atoms with Gasteiger partial charge in [0.05, 0.1) is 16.6 Å². The van der Waals surface area contributed by atoms with Gasteiger partial charge in [0.2, 0.25) is 0 Å². The van der Waals surface area contributed by atoms with Crippen LogP contribution in [0.5, 0.6) is 0 Å². The van der Waals surface area contributed by atoms with Crippen molar-refractivity contribution >= 4 is 45.4 Å². The summed E-state index contributed by atoms with van der Waals surface area (Å²) in [6.45, 7) is 6.74. The van der Waals surface area contributed by atoms with Crippen LogP contribution in [0.4, 0.5) is 0 Å². The zero-order valence-electron chi connectivity index (χ0n) is 14.8. The van der Waals surface area contributed by atoms with Crippen LogP contribution in [0.2, 0.25) is 0 Å². The summed E-state index contributed by atoms with van der Waals surface area (Å²) in [6, 6.07) is 10.8. The highest BCUT2D eigenvalue weighted by Gasteiger charge is 2.14. The summed E-state index contributed by atoms with van der Waals surface area (Å²) in [6.07, 6.45) is 0. The van der Waals surface area contributed by atoms with Crippen LogP contribution in [-0.4, -0.2) is 21.4 Å². The van der Waals surface area contributed by atoms with Crippen molar-refractivity contribution < 1.29 is 9.59 Å². The first-order chi connectivity index (χ1) is 12.4. The quantitative estimate of drug-likeness (QED) is 0.463. The number of amides is 2. The van der Waals surface area contributed by atoms with Crippen LogP contribution in [0.15, 0.2) is 36.4 Å². The predicted molar refractivity (Wildman–Crippen MR) is 109 cm³/mol. The monoisotopic (exact) mass is 462 g/mol. The number of hydrogen-bond acceptors (Lipinski definition) is 3. The maximum Gasteiger partial charge on any atom is 0.270 e. The number of halogens is 1. The largest absolute Gasteiger partial charge is 0.329 e. The molecule has 7 heteroatoms. The second kappa shape index (κ2) is 7.45. The first-order valence-electron chi connectivity index (χ1n) is 8.25. The number of imidazole rings is 1. The lowest BCUT2D eigenvalue weighted by Gasteiger charge is -2.10. The highest BCUT2D eigenvalue weighted by Crippen LogP contribution is 2.18. The molecule has 1 aromatic heterocycles. The Bertz CT molecular complexity index is 1010. The number of fused-ring (bicyclic) bond motifs is 1. The minimum absolute atomic E-state index is 0.348. The lowest BCUT2D eigenvalue weighted by Crippen LogP contribution is -2.41. The summed E-state index contributed by atoms with van der Waals surface area (Å²) in [7, 11) is 0. The number of carbonyl (C=O) groups excluding carboxylic acids is 2. The molecule has 0 fully saturated rings. The van der Waals surface area contributed by atoms with Gasteiger partial charge in [-0.1, -0.05) is 12.1 Å². The highest BCUT2D eigenvalue weighted by molar-refractivity contribution is 14.1. The van der Waals surface area contributed by atoms with Gasteiger partial charge in [-0.15, -0.1) is 0 Å². The van der Waals surface area contributed by atoms with Crippen LogP contribution in [0, 0.1) is 17.4 Å². The second-order valence-corrected chi connectivity index (χ2v) is 7.03. The van der Waals surface area contributed by atoms with E-state index in [0.29, 0.717) is 11.1 Å². The number of hydrogen-bond donors (Lipinski definition) is 2. The zero-order chi connectivity index (χ0) is 18.8. The predicted octanol–water partition coefficient (Wildman–Crippen LogP) is 3.35. The summed E-state index contributed by atoms with van der Waals surface area (Å²) in [5.41, 5.74) is 8.67. The molecule has 3 aromatic rings. The molecule has 3 rings (SSSR count). The molecule has 0 aliphatic carbocycles. The number of rotatable bonds is 3. The van der Waals surface area contributed by atoms with Crippen LogP contribution >= 0.6 is 22.6 Å². The molecule has 0 atom stereocenters. The molecule has 0 radical (unpaired) electrons. The Kier molecular flexibility index (Phi) is 5.26. The molecule has 134 valence electrons. The molecular weight excluding hydrogens is 443 g/mol. The third-order valence-electron chi connectivity index (χ3n) is 4.24. The Hall–Kier alpha value is -2.42. The second-order valence-electron chi connectivity index (χ2n) is 5.95. The molecular formula is C19H19IN4O2. The van der Waals surface area contributed by atoms with E-state index < -0.39 is 0 Å². The average Bonchev–Trinajstić information content (AvgIpc) is 2.95. The number of nitrogens with zero attached hydrogens (tertiary/aromatic N) is 2. The van der Waals surface area contributed by atoms with Crippen LogP contribution in [0.1, 0.15) is 39.0 Å². The molecule has 2 N–H and O–H groups in total. The molecule has 6 nitrogen and oxygen atoms in total. The van der Waals surface area contributed by atoms with Crippen molar-refractivity contribution in [1.82, 2.24) is 20.4 Å². The molecule has 0 aliphatic rings. The summed E-state index contributed by atoms with van der Waals surface area (Å²) in [5.74, 6) is 0.174. The highest BCUT2D eigenvalue weighted by atomic mass is 127. The first-order valence-corrected chi connectivity index (χ1v) is 9.33. The van der Waals surface area contributed by atoms with Gasteiger partial charge in [-0.3, -0.25) is 20.4 Å². The maximum atomic E-state index is 12.4. The molecule has 0 saturated carbocycles. The number of hydrazine groups is 1. The van der Waals surface area contributed by atoms with Crippen molar-refractivity contribution in [3.63, 3.8) is 0 Å². The van der Waals surface area contributed by atoms with Crippen LogP contribution in [0.3, 0.4) is 0 Å². The van der Waals surface area contributed by atoms with Crippen LogP contribution < -0.4 is 10.9 Å². The smallest absolute Gasteiger partial charge is 0.270 e. The topological polar surface area (TPSA) is 76.0 Å². The molecule has 0 bridgehead atoms. The summed E-state index contributed by atoms with van der Waals surface area (Å²) < 4.78 is 2.94. The number of benzene rings is 2. The fourth-order valence-corrected chi connectivity index (χ4v) is 3.47. The lowest BCUT2D eigenvalue weighted by atomic mass is 10.1. The Morgan fingerprint density at radius 2 is 1.85 bits per heavy atom. The number of nitrogens with one attached hydrogen (secondary N) is 2. The van der Waals surface area contributed by atoms with Gasteiger partial charge in [0.1, 0.15) is 5.82 Å². The van der Waals surface area contributed by atoms with Gasteiger partial charge in [0.25, 0.3) is 11.8 Å². The van der Waals surface area contributed by atoms with Crippen molar-refractivity contribution in [2.24, 2.45) is 0 Å². The molecule has 1 heterocycles. The summed E-state index contributed by atoms with van der Waals surface area (Å²) >= 11 is 2.12. The van der Waals surface area contributed by atoms with E-state index in [0.717, 1.165) is 32.5 Å². The maximum absolute atomic E-state index is 12.4. The average molecular weight is 462 g/mol. The summed E-state index contributed by atoms with van der Waals surface area (Å²) in [4.78, 5) is 29.2. The van der Waals surface area contributed by atoms with E-state index in [-0.39, 0.29) is 11.8 Å². The van der Waals surface area contributed by atoms with Gasteiger partial charge in [0.15, 0.2) is 0 Å². The fourth-order valence-electron chi connectivity index (χ4n) is 2.87. The number of aryl methyl sites for hydroxylation is 3. The van der Waals surface area contributed by atoms with Crippen molar-refractivity contribution in [2.75, 3.05) is 0 Å². The van der Waals surface area contributed by atoms with Gasteiger partial charge in [-0.2, -0.15) is 0 Å². The van der Waals surface area contributed by atoms with E-state index in [1.54, 1.807) is 18.2 Å². The SMILES string of the molecule is CCn1c(C)nc2cc(C(=O)NNC(=O)c3cccc(C)c3I)ccc21. The third kappa shape index (κ3) is 3.44. The molecule has 0 unspecified atom stereocenters.